The Morgan fingerprint density at radius 3 is 2.47 bits per heavy atom. The van der Waals surface area contributed by atoms with Crippen LogP contribution in [0.2, 0.25) is 0 Å². The average molecular weight is 407 g/mol. The van der Waals surface area contributed by atoms with Gasteiger partial charge in [0, 0.05) is 26.1 Å². The van der Waals surface area contributed by atoms with Crippen molar-refractivity contribution >= 4 is 22.8 Å². The van der Waals surface area contributed by atoms with Crippen molar-refractivity contribution in [1.29, 1.82) is 0 Å². The summed E-state index contributed by atoms with van der Waals surface area (Å²) in [4.78, 5) is 31.6. The van der Waals surface area contributed by atoms with Crippen LogP contribution in [-0.4, -0.2) is 45.9 Å². The molecule has 3 rings (SSSR count). The molecule has 1 heterocycles. The quantitative estimate of drug-likeness (QED) is 0.594. The van der Waals surface area contributed by atoms with E-state index in [-0.39, 0.29) is 18.4 Å². The van der Waals surface area contributed by atoms with Crippen molar-refractivity contribution in [2.45, 2.75) is 40.2 Å². The number of rotatable bonds is 9. The molecule has 30 heavy (non-hydrogen) atoms. The first-order valence-corrected chi connectivity index (χ1v) is 10.6. The second kappa shape index (κ2) is 10.1. The van der Waals surface area contributed by atoms with Gasteiger partial charge >= 0.3 is 0 Å². The van der Waals surface area contributed by atoms with Crippen LogP contribution in [0.25, 0.3) is 11.0 Å². The van der Waals surface area contributed by atoms with Crippen LogP contribution in [0.3, 0.4) is 0 Å². The number of amides is 2. The van der Waals surface area contributed by atoms with Gasteiger partial charge in [0.25, 0.3) is 0 Å². The van der Waals surface area contributed by atoms with Crippen LogP contribution in [0, 0.1) is 6.92 Å². The summed E-state index contributed by atoms with van der Waals surface area (Å²) in [6.45, 7) is 8.09. The molecule has 1 aromatic heterocycles. The zero-order chi connectivity index (χ0) is 21.5. The van der Waals surface area contributed by atoms with Crippen LogP contribution in [0.5, 0.6) is 0 Å². The van der Waals surface area contributed by atoms with E-state index in [1.807, 2.05) is 78.8 Å². The number of fused-ring (bicyclic) bond motifs is 1. The molecule has 0 bridgehead atoms. The van der Waals surface area contributed by atoms with Gasteiger partial charge in [-0.2, -0.15) is 0 Å². The Bertz CT molecular complexity index is 1020. The third-order valence-electron chi connectivity index (χ3n) is 5.43. The van der Waals surface area contributed by atoms with E-state index in [0.29, 0.717) is 32.5 Å². The number of hydrogen-bond donors (Lipinski definition) is 1. The number of para-hydroxylation sites is 2. The highest BCUT2D eigenvalue weighted by Crippen LogP contribution is 2.17. The van der Waals surface area contributed by atoms with Gasteiger partial charge in [0.15, 0.2) is 0 Å². The van der Waals surface area contributed by atoms with Crippen LogP contribution in [0.15, 0.2) is 48.5 Å². The van der Waals surface area contributed by atoms with Gasteiger partial charge < -0.3 is 14.8 Å². The molecule has 0 aliphatic carbocycles. The van der Waals surface area contributed by atoms with Crippen molar-refractivity contribution in [3.63, 3.8) is 0 Å². The summed E-state index contributed by atoms with van der Waals surface area (Å²) in [6.07, 6.45) is 0.934. The molecular weight excluding hydrogens is 376 g/mol. The number of nitrogens with zero attached hydrogens (tertiary/aromatic N) is 3. The van der Waals surface area contributed by atoms with Gasteiger partial charge in [-0.05, 0) is 44.0 Å². The lowest BCUT2D eigenvalue weighted by molar-refractivity contribution is -0.131. The van der Waals surface area contributed by atoms with Gasteiger partial charge in [-0.15, -0.1) is 0 Å². The number of nitrogens with one attached hydrogen (secondary N) is 1. The molecule has 158 valence electrons. The van der Waals surface area contributed by atoms with Crippen molar-refractivity contribution in [3.8, 4) is 0 Å². The molecule has 0 aliphatic heterocycles. The number of aromatic nitrogens is 2. The highest BCUT2D eigenvalue weighted by atomic mass is 16.2. The SMILES string of the molecule is CCN(CC)C(=O)Cn1c(CCNC(=O)Cc2ccccc2C)nc2ccccc21. The number of benzene rings is 2. The Morgan fingerprint density at radius 1 is 1.03 bits per heavy atom. The molecule has 0 fully saturated rings. The first-order valence-electron chi connectivity index (χ1n) is 10.6. The molecule has 2 aromatic carbocycles. The summed E-state index contributed by atoms with van der Waals surface area (Å²) >= 11 is 0. The maximum atomic E-state index is 12.7. The summed E-state index contributed by atoms with van der Waals surface area (Å²) in [5, 5.41) is 2.99. The molecule has 0 unspecified atom stereocenters. The van der Waals surface area contributed by atoms with Crippen molar-refractivity contribution < 1.29 is 9.59 Å². The molecule has 0 saturated carbocycles. The molecule has 6 heteroatoms. The van der Waals surface area contributed by atoms with E-state index in [1.165, 1.54) is 0 Å². The second-order valence-corrected chi connectivity index (χ2v) is 7.37. The predicted molar refractivity (Wildman–Crippen MR) is 119 cm³/mol. The zero-order valence-electron chi connectivity index (χ0n) is 18.0. The minimum Gasteiger partial charge on any atom is -0.355 e. The molecule has 0 spiro atoms. The van der Waals surface area contributed by atoms with Crippen LogP contribution >= 0.6 is 0 Å². The number of carbonyl (C=O) groups is 2. The van der Waals surface area contributed by atoms with Crippen molar-refractivity contribution in [1.82, 2.24) is 19.8 Å². The van der Waals surface area contributed by atoms with E-state index in [0.717, 1.165) is 28.0 Å². The highest BCUT2D eigenvalue weighted by molar-refractivity contribution is 5.81. The normalized spacial score (nSPS) is 10.9. The summed E-state index contributed by atoms with van der Waals surface area (Å²) in [6, 6.07) is 15.7. The van der Waals surface area contributed by atoms with Gasteiger partial charge in [0.05, 0.1) is 17.5 Å². The van der Waals surface area contributed by atoms with E-state index >= 15 is 0 Å². The number of carbonyl (C=O) groups excluding carboxylic acids is 2. The van der Waals surface area contributed by atoms with E-state index in [2.05, 4.69) is 5.32 Å². The van der Waals surface area contributed by atoms with E-state index in [9.17, 15) is 9.59 Å². The van der Waals surface area contributed by atoms with Crippen LogP contribution in [-0.2, 0) is 29.0 Å². The summed E-state index contributed by atoms with van der Waals surface area (Å²) < 4.78 is 1.98. The first kappa shape index (κ1) is 21.6. The van der Waals surface area contributed by atoms with Crippen molar-refractivity contribution in [2.75, 3.05) is 19.6 Å². The number of hydrogen-bond acceptors (Lipinski definition) is 3. The zero-order valence-corrected chi connectivity index (χ0v) is 18.0. The van der Waals surface area contributed by atoms with Crippen molar-refractivity contribution in [2.24, 2.45) is 0 Å². The Balaban J connectivity index is 1.68. The minimum atomic E-state index is -0.00817. The molecule has 1 N–H and O–H groups in total. The Hall–Kier alpha value is -3.15. The lowest BCUT2D eigenvalue weighted by Gasteiger charge is -2.20. The van der Waals surface area contributed by atoms with E-state index in [1.54, 1.807) is 0 Å². The van der Waals surface area contributed by atoms with Gasteiger partial charge in [0.2, 0.25) is 11.8 Å². The summed E-state index contributed by atoms with van der Waals surface area (Å²) in [7, 11) is 0. The highest BCUT2D eigenvalue weighted by Gasteiger charge is 2.16. The molecule has 3 aromatic rings. The largest absolute Gasteiger partial charge is 0.355 e. The van der Waals surface area contributed by atoms with Crippen LogP contribution in [0.4, 0.5) is 0 Å². The van der Waals surface area contributed by atoms with Gasteiger partial charge in [-0.1, -0.05) is 36.4 Å². The molecule has 0 atom stereocenters. The number of aryl methyl sites for hydroxylation is 1. The fraction of sp³-hybridized carbons (Fsp3) is 0.375. The van der Waals surface area contributed by atoms with E-state index in [4.69, 9.17) is 4.98 Å². The fourth-order valence-corrected chi connectivity index (χ4v) is 3.66. The lowest BCUT2D eigenvalue weighted by Crippen LogP contribution is -2.34. The Morgan fingerprint density at radius 2 is 1.73 bits per heavy atom. The molecule has 0 radical (unpaired) electrons. The second-order valence-electron chi connectivity index (χ2n) is 7.37. The number of imidazole rings is 1. The third-order valence-corrected chi connectivity index (χ3v) is 5.43. The molecule has 0 aliphatic rings. The first-order chi connectivity index (χ1) is 14.5. The van der Waals surface area contributed by atoms with Gasteiger partial charge in [0.1, 0.15) is 12.4 Å². The fourth-order valence-electron chi connectivity index (χ4n) is 3.66. The average Bonchev–Trinajstić information content (AvgIpc) is 3.08. The van der Waals surface area contributed by atoms with E-state index < -0.39 is 0 Å². The smallest absolute Gasteiger partial charge is 0.242 e. The minimum absolute atomic E-state index is 0.00817. The maximum absolute atomic E-state index is 12.7. The Kier molecular flexibility index (Phi) is 7.22. The summed E-state index contributed by atoms with van der Waals surface area (Å²) in [5.74, 6) is 0.882. The monoisotopic (exact) mass is 406 g/mol. The standard InChI is InChI=1S/C24H30N4O2/c1-4-27(5-2)24(30)17-28-21-13-9-8-12-20(21)26-22(28)14-15-25-23(29)16-19-11-7-6-10-18(19)3/h6-13H,4-5,14-17H2,1-3H3,(H,25,29). The molecule has 6 nitrogen and oxygen atoms in total. The molecule has 2 amide bonds. The topological polar surface area (TPSA) is 67.2 Å². The third kappa shape index (κ3) is 5.06. The lowest BCUT2D eigenvalue weighted by atomic mass is 10.1. The predicted octanol–water partition coefficient (Wildman–Crippen LogP) is 3.11. The van der Waals surface area contributed by atoms with Crippen LogP contribution < -0.4 is 5.32 Å². The van der Waals surface area contributed by atoms with Crippen LogP contribution in [0.1, 0.15) is 30.8 Å². The van der Waals surface area contributed by atoms with Crippen molar-refractivity contribution in [3.05, 3.63) is 65.5 Å². The summed E-state index contributed by atoms with van der Waals surface area (Å²) in [5.41, 5.74) is 3.96. The maximum Gasteiger partial charge on any atom is 0.242 e. The number of likely N-dealkylation sites (N-methyl/N-ethyl adjacent to an activating group) is 1. The van der Waals surface area contributed by atoms with Gasteiger partial charge in [-0.25, -0.2) is 4.98 Å². The molecular formula is C24H30N4O2. The molecule has 0 saturated heterocycles. The Labute approximate surface area is 177 Å². The van der Waals surface area contributed by atoms with Gasteiger partial charge in [-0.3, -0.25) is 9.59 Å².